The van der Waals surface area contributed by atoms with E-state index in [1.807, 2.05) is 18.2 Å². The first kappa shape index (κ1) is 19.1. The van der Waals surface area contributed by atoms with Crippen molar-refractivity contribution in [1.82, 2.24) is 16.2 Å². The van der Waals surface area contributed by atoms with Gasteiger partial charge in [-0.05, 0) is 60.9 Å². The molecule has 0 unspecified atom stereocenters. The van der Waals surface area contributed by atoms with Gasteiger partial charge in [-0.25, -0.2) is 0 Å². The van der Waals surface area contributed by atoms with Gasteiger partial charge in [-0.15, -0.1) is 0 Å². The summed E-state index contributed by atoms with van der Waals surface area (Å²) in [5.74, 6) is 0. The van der Waals surface area contributed by atoms with E-state index in [0.29, 0.717) is 10.2 Å². The standard InChI is InChI=1S/C19H24N4S2/c1-3-16-11-7-8-14(2)17(16)21-19(25)23-22-18(24)20-13-12-15-9-5-4-6-10-15/h4-11H,3,12-13H2,1-2H3,(H2,20,22,24)(H2,21,23,25). The van der Waals surface area contributed by atoms with Crippen LogP contribution in [0.1, 0.15) is 23.6 Å². The lowest BCUT2D eigenvalue weighted by atomic mass is 10.1. The Balaban J connectivity index is 1.73. The topological polar surface area (TPSA) is 48.1 Å². The van der Waals surface area contributed by atoms with E-state index >= 15 is 0 Å². The number of hydrogen-bond donors (Lipinski definition) is 4. The Labute approximate surface area is 160 Å². The predicted octanol–water partition coefficient (Wildman–Crippen LogP) is 3.47. The van der Waals surface area contributed by atoms with E-state index in [1.54, 1.807) is 0 Å². The first-order valence-corrected chi connectivity index (χ1v) is 9.15. The third-order valence-corrected chi connectivity index (χ3v) is 4.26. The molecule has 132 valence electrons. The zero-order valence-corrected chi connectivity index (χ0v) is 16.2. The minimum atomic E-state index is 0.483. The van der Waals surface area contributed by atoms with Crippen LogP contribution < -0.4 is 21.5 Å². The molecule has 2 rings (SSSR count). The first-order valence-electron chi connectivity index (χ1n) is 8.33. The zero-order chi connectivity index (χ0) is 18.1. The lowest BCUT2D eigenvalue weighted by molar-refractivity contribution is 0.796. The number of nitrogens with one attached hydrogen (secondary N) is 4. The van der Waals surface area contributed by atoms with E-state index in [9.17, 15) is 0 Å². The molecule has 0 aliphatic carbocycles. The molecule has 0 bridgehead atoms. The quantitative estimate of drug-likeness (QED) is 0.476. The maximum atomic E-state index is 5.34. The highest BCUT2D eigenvalue weighted by molar-refractivity contribution is 7.80. The van der Waals surface area contributed by atoms with Gasteiger partial charge < -0.3 is 10.6 Å². The van der Waals surface area contributed by atoms with Crippen molar-refractivity contribution in [3.63, 3.8) is 0 Å². The number of para-hydroxylation sites is 1. The highest BCUT2D eigenvalue weighted by Gasteiger charge is 2.06. The number of aryl methyl sites for hydroxylation is 2. The smallest absolute Gasteiger partial charge is 0.189 e. The van der Waals surface area contributed by atoms with Gasteiger partial charge in [0, 0.05) is 12.2 Å². The molecule has 0 fully saturated rings. The second-order valence-corrected chi connectivity index (χ2v) is 6.47. The maximum absolute atomic E-state index is 5.34. The number of benzene rings is 2. The van der Waals surface area contributed by atoms with Crippen LogP contribution in [0.3, 0.4) is 0 Å². The number of anilines is 1. The minimum Gasteiger partial charge on any atom is -0.361 e. The van der Waals surface area contributed by atoms with E-state index < -0.39 is 0 Å². The molecular formula is C19H24N4S2. The summed E-state index contributed by atoms with van der Waals surface area (Å²) in [6.45, 7) is 4.95. The fourth-order valence-electron chi connectivity index (χ4n) is 2.47. The third kappa shape index (κ3) is 6.32. The molecular weight excluding hydrogens is 348 g/mol. The van der Waals surface area contributed by atoms with Crippen molar-refractivity contribution in [2.75, 3.05) is 11.9 Å². The molecule has 4 nitrogen and oxygen atoms in total. The SMILES string of the molecule is CCc1cccc(C)c1NC(=S)NNC(=S)NCCc1ccccc1. The molecule has 0 saturated carbocycles. The Morgan fingerprint density at radius 1 is 0.920 bits per heavy atom. The monoisotopic (exact) mass is 372 g/mol. The predicted molar refractivity (Wildman–Crippen MR) is 114 cm³/mol. The molecule has 0 aliphatic heterocycles. The summed E-state index contributed by atoms with van der Waals surface area (Å²) in [6.07, 6.45) is 1.86. The molecule has 2 aromatic rings. The maximum Gasteiger partial charge on any atom is 0.189 e. The summed E-state index contributed by atoms with van der Waals surface area (Å²) < 4.78 is 0. The summed E-state index contributed by atoms with van der Waals surface area (Å²) in [5.41, 5.74) is 10.5. The average Bonchev–Trinajstić information content (AvgIpc) is 2.62. The second-order valence-electron chi connectivity index (χ2n) is 5.66. The van der Waals surface area contributed by atoms with Crippen molar-refractivity contribution in [3.05, 3.63) is 65.2 Å². The summed E-state index contributed by atoms with van der Waals surface area (Å²) in [4.78, 5) is 0. The molecule has 0 spiro atoms. The van der Waals surface area contributed by atoms with Gasteiger partial charge in [0.25, 0.3) is 0 Å². The van der Waals surface area contributed by atoms with Crippen LogP contribution >= 0.6 is 24.4 Å². The summed E-state index contributed by atoms with van der Waals surface area (Å²) in [6, 6.07) is 16.5. The molecule has 0 aliphatic rings. The van der Waals surface area contributed by atoms with Crippen LogP contribution in [0.4, 0.5) is 5.69 Å². The van der Waals surface area contributed by atoms with E-state index in [1.165, 1.54) is 11.1 Å². The van der Waals surface area contributed by atoms with Gasteiger partial charge in [-0.2, -0.15) is 0 Å². The van der Waals surface area contributed by atoms with Crippen molar-refractivity contribution < 1.29 is 0 Å². The van der Waals surface area contributed by atoms with Crippen LogP contribution in [0, 0.1) is 6.92 Å². The van der Waals surface area contributed by atoms with Crippen LogP contribution in [0.2, 0.25) is 0 Å². The summed E-state index contributed by atoms with van der Waals surface area (Å²) in [5, 5.41) is 7.39. The fourth-order valence-corrected chi connectivity index (χ4v) is 2.78. The van der Waals surface area contributed by atoms with Crippen LogP contribution in [-0.4, -0.2) is 16.8 Å². The van der Waals surface area contributed by atoms with E-state index in [0.717, 1.165) is 30.6 Å². The van der Waals surface area contributed by atoms with Gasteiger partial charge in [0.05, 0.1) is 0 Å². The van der Waals surface area contributed by atoms with Crippen molar-refractivity contribution in [2.45, 2.75) is 26.7 Å². The molecule has 0 heterocycles. The Bertz CT molecular complexity index is 717. The van der Waals surface area contributed by atoms with E-state index in [-0.39, 0.29) is 0 Å². The van der Waals surface area contributed by atoms with Gasteiger partial charge >= 0.3 is 0 Å². The average molecular weight is 373 g/mol. The van der Waals surface area contributed by atoms with Crippen molar-refractivity contribution in [1.29, 1.82) is 0 Å². The second kappa shape index (κ2) is 9.96. The summed E-state index contributed by atoms with van der Waals surface area (Å²) >= 11 is 10.6. The molecule has 4 N–H and O–H groups in total. The highest BCUT2D eigenvalue weighted by Crippen LogP contribution is 2.20. The van der Waals surface area contributed by atoms with Gasteiger partial charge in [-0.3, -0.25) is 10.9 Å². The molecule has 6 heteroatoms. The largest absolute Gasteiger partial charge is 0.361 e. The number of hydrazine groups is 1. The summed E-state index contributed by atoms with van der Waals surface area (Å²) in [7, 11) is 0. The zero-order valence-electron chi connectivity index (χ0n) is 14.6. The number of hydrogen-bond acceptors (Lipinski definition) is 2. The van der Waals surface area contributed by atoms with Gasteiger partial charge in [0.15, 0.2) is 10.2 Å². The fraction of sp³-hybridized carbons (Fsp3) is 0.263. The van der Waals surface area contributed by atoms with Crippen LogP contribution in [0.15, 0.2) is 48.5 Å². The van der Waals surface area contributed by atoms with Crippen molar-refractivity contribution in [2.24, 2.45) is 0 Å². The van der Waals surface area contributed by atoms with E-state index in [2.05, 4.69) is 65.7 Å². The molecule has 0 saturated heterocycles. The molecule has 0 atom stereocenters. The third-order valence-electron chi connectivity index (χ3n) is 3.81. The molecule has 2 aromatic carbocycles. The van der Waals surface area contributed by atoms with Crippen molar-refractivity contribution >= 4 is 40.3 Å². The van der Waals surface area contributed by atoms with Crippen LogP contribution in [-0.2, 0) is 12.8 Å². The minimum absolute atomic E-state index is 0.483. The van der Waals surface area contributed by atoms with Gasteiger partial charge in [-0.1, -0.05) is 55.5 Å². The molecule has 0 aromatic heterocycles. The Kier molecular flexibility index (Phi) is 7.63. The Morgan fingerprint density at radius 3 is 2.36 bits per heavy atom. The Morgan fingerprint density at radius 2 is 1.64 bits per heavy atom. The highest BCUT2D eigenvalue weighted by atomic mass is 32.1. The van der Waals surface area contributed by atoms with Crippen LogP contribution in [0.5, 0.6) is 0 Å². The Hall–Kier alpha value is -2.18. The lowest BCUT2D eigenvalue weighted by Gasteiger charge is -2.17. The van der Waals surface area contributed by atoms with Gasteiger partial charge in [0.1, 0.15) is 0 Å². The number of thiocarbonyl (C=S) groups is 2. The first-order chi connectivity index (χ1) is 12.1. The number of rotatable bonds is 5. The normalized spacial score (nSPS) is 10.0. The molecule has 0 amide bonds. The van der Waals surface area contributed by atoms with Crippen molar-refractivity contribution in [3.8, 4) is 0 Å². The van der Waals surface area contributed by atoms with E-state index in [4.69, 9.17) is 24.4 Å². The van der Waals surface area contributed by atoms with Gasteiger partial charge in [0.2, 0.25) is 0 Å². The molecule has 0 radical (unpaired) electrons. The lowest BCUT2D eigenvalue weighted by Crippen LogP contribution is -2.48. The molecule has 25 heavy (non-hydrogen) atoms. The van der Waals surface area contributed by atoms with Crippen LogP contribution in [0.25, 0.3) is 0 Å².